The van der Waals surface area contributed by atoms with Gasteiger partial charge in [0.25, 0.3) is 0 Å². The van der Waals surface area contributed by atoms with E-state index in [2.05, 4.69) is 33.7 Å². The number of ether oxygens (including phenoxy) is 2. The van der Waals surface area contributed by atoms with Crippen molar-refractivity contribution < 1.29 is 14.3 Å². The molecule has 0 aliphatic heterocycles. The zero-order chi connectivity index (χ0) is 17.7. The van der Waals surface area contributed by atoms with Crippen LogP contribution in [0.15, 0.2) is 6.20 Å². The number of rotatable bonds is 7. The number of anilines is 1. The first-order chi connectivity index (χ1) is 11.5. The number of methoxy groups -OCH3 is 1. The first-order valence-electron chi connectivity index (χ1n) is 7.77. The Kier molecular flexibility index (Phi) is 5.95. The second-order valence-electron chi connectivity index (χ2n) is 5.85. The third-order valence-electron chi connectivity index (χ3n) is 3.55. The third kappa shape index (κ3) is 3.93. The molecule has 0 bridgehead atoms. The number of fused-ring (bicyclic) bond motifs is 1. The lowest BCUT2D eigenvalue weighted by molar-refractivity contribution is 0.0595. The van der Waals surface area contributed by atoms with Crippen LogP contribution in [0.25, 0.3) is 11.2 Å². The first-order valence-corrected chi connectivity index (χ1v) is 10.9. The van der Waals surface area contributed by atoms with Crippen LogP contribution in [0.1, 0.15) is 22.5 Å². The predicted molar refractivity (Wildman–Crippen MR) is 95.5 cm³/mol. The van der Waals surface area contributed by atoms with E-state index in [0.717, 1.165) is 6.42 Å². The highest BCUT2D eigenvalue weighted by atomic mass is 28.3. The van der Waals surface area contributed by atoms with Crippen molar-refractivity contribution in [2.45, 2.75) is 32.3 Å². The van der Waals surface area contributed by atoms with Gasteiger partial charge in [0.1, 0.15) is 12.2 Å². The number of nitrogens with two attached hydrogens (primary N) is 1. The minimum atomic E-state index is -0.647. The van der Waals surface area contributed by atoms with Crippen LogP contribution in [0.3, 0.4) is 0 Å². The van der Waals surface area contributed by atoms with Gasteiger partial charge in [-0.25, -0.2) is 14.8 Å². The molecule has 24 heavy (non-hydrogen) atoms. The van der Waals surface area contributed by atoms with Crippen molar-refractivity contribution in [3.63, 3.8) is 0 Å². The van der Waals surface area contributed by atoms with Gasteiger partial charge in [0, 0.05) is 21.6 Å². The molecule has 2 N–H and O–H groups in total. The highest BCUT2D eigenvalue weighted by molar-refractivity contribution is 6.55. The van der Waals surface area contributed by atoms with Crippen molar-refractivity contribution in [1.29, 1.82) is 0 Å². The van der Waals surface area contributed by atoms with Gasteiger partial charge in [-0.15, -0.1) is 6.42 Å². The topological polar surface area (TPSA) is 92.3 Å². The van der Waals surface area contributed by atoms with E-state index >= 15 is 0 Å². The molecule has 0 amide bonds. The highest BCUT2D eigenvalue weighted by Crippen LogP contribution is 2.21. The van der Waals surface area contributed by atoms with Gasteiger partial charge in [-0.3, -0.25) is 0 Å². The Morgan fingerprint density at radius 1 is 1.46 bits per heavy atom. The summed E-state index contributed by atoms with van der Waals surface area (Å²) in [5.41, 5.74) is 7.23. The van der Waals surface area contributed by atoms with Crippen LogP contribution in [0.2, 0.25) is 19.1 Å². The summed E-state index contributed by atoms with van der Waals surface area (Å²) in [7, 11) is 0.709. The van der Waals surface area contributed by atoms with E-state index in [4.69, 9.17) is 16.9 Å². The van der Waals surface area contributed by atoms with Crippen LogP contribution in [-0.2, 0) is 16.2 Å². The largest absolute Gasteiger partial charge is 0.464 e. The summed E-state index contributed by atoms with van der Waals surface area (Å²) >= 11 is 0. The molecule has 8 heteroatoms. The normalized spacial score (nSPS) is 11.0. The zero-order valence-electron chi connectivity index (χ0n) is 14.2. The Balaban J connectivity index is 2.24. The molecule has 2 rings (SSSR count). The number of carbonyl (C=O) groups excluding carboxylic acids is 1. The molecule has 7 nitrogen and oxygen atoms in total. The Labute approximate surface area is 142 Å². The van der Waals surface area contributed by atoms with E-state index in [-0.39, 0.29) is 11.5 Å². The van der Waals surface area contributed by atoms with Crippen LogP contribution in [0.4, 0.5) is 5.82 Å². The van der Waals surface area contributed by atoms with Crippen molar-refractivity contribution in [2.75, 3.05) is 19.5 Å². The minimum Gasteiger partial charge on any atom is -0.464 e. The SMILES string of the molecule is C#Cc1cn(COCCC[SiH](C)C)c2nc(N)c(C(=O)OC)nc12. The Morgan fingerprint density at radius 2 is 2.21 bits per heavy atom. The third-order valence-corrected chi connectivity index (χ3v) is 5.11. The fraction of sp³-hybridized carbons (Fsp3) is 0.438. The Hall–Kier alpha value is -2.37. The standard InChI is InChI=1S/C16H22N4O3Si/c1-5-11-9-20(10-23-7-6-8-24(3)4)15-12(11)18-13(14(17)19-15)16(21)22-2/h1,9,24H,6-8,10H2,2-4H3,(H2,17,19). The number of aromatic nitrogens is 3. The molecule has 0 unspecified atom stereocenters. The number of nitrogens with zero attached hydrogens (tertiary/aromatic N) is 3. The first kappa shape index (κ1) is 18.0. The maximum atomic E-state index is 11.7. The quantitative estimate of drug-likeness (QED) is 0.354. The van der Waals surface area contributed by atoms with Crippen molar-refractivity contribution in [2.24, 2.45) is 0 Å². The van der Waals surface area contributed by atoms with E-state index in [1.165, 1.54) is 13.2 Å². The molecule has 0 saturated carbocycles. The maximum absolute atomic E-state index is 11.7. The molecule has 0 aliphatic carbocycles. The van der Waals surface area contributed by atoms with E-state index in [1.54, 1.807) is 10.8 Å². The van der Waals surface area contributed by atoms with Gasteiger partial charge in [-0.05, 0) is 6.42 Å². The van der Waals surface area contributed by atoms with Crippen molar-refractivity contribution >= 4 is 31.7 Å². The molecule has 0 atom stereocenters. The molecular formula is C16H22N4O3Si. The summed E-state index contributed by atoms with van der Waals surface area (Å²) in [5, 5.41) is 0. The molecule has 0 aliphatic rings. The van der Waals surface area contributed by atoms with Gasteiger partial charge in [0.05, 0.1) is 12.7 Å². The van der Waals surface area contributed by atoms with E-state index in [9.17, 15) is 4.79 Å². The van der Waals surface area contributed by atoms with Crippen LogP contribution in [0.5, 0.6) is 0 Å². The van der Waals surface area contributed by atoms with Gasteiger partial charge >= 0.3 is 5.97 Å². The summed E-state index contributed by atoms with van der Waals surface area (Å²) in [6.07, 6.45) is 8.29. The number of hydrogen-bond acceptors (Lipinski definition) is 6. The van der Waals surface area contributed by atoms with E-state index in [0.29, 0.717) is 30.1 Å². The number of carbonyl (C=O) groups is 1. The summed E-state index contributed by atoms with van der Waals surface area (Å²) < 4.78 is 12.1. The summed E-state index contributed by atoms with van der Waals surface area (Å²) in [6.45, 7) is 5.62. The molecule has 0 saturated heterocycles. The Bertz CT molecular complexity index is 780. The summed E-state index contributed by atoms with van der Waals surface area (Å²) in [6, 6.07) is 1.25. The van der Waals surface area contributed by atoms with Gasteiger partial charge in [0.15, 0.2) is 17.2 Å². The van der Waals surface area contributed by atoms with Crippen LogP contribution >= 0.6 is 0 Å². The van der Waals surface area contributed by atoms with Crippen LogP contribution in [0, 0.1) is 12.3 Å². The molecule has 128 valence electrons. The highest BCUT2D eigenvalue weighted by Gasteiger charge is 2.19. The summed E-state index contributed by atoms with van der Waals surface area (Å²) in [4.78, 5) is 20.2. The van der Waals surface area contributed by atoms with E-state index in [1.807, 2.05) is 0 Å². The van der Waals surface area contributed by atoms with Crippen LogP contribution in [-0.4, -0.2) is 43.0 Å². The van der Waals surface area contributed by atoms with Gasteiger partial charge in [0.2, 0.25) is 0 Å². The maximum Gasteiger partial charge on any atom is 0.360 e. The number of nitrogen functional groups attached to an aromatic ring is 1. The lowest BCUT2D eigenvalue weighted by Crippen LogP contribution is -2.11. The molecule has 2 aromatic rings. The number of terminal acetylenes is 1. The number of esters is 1. The zero-order valence-corrected chi connectivity index (χ0v) is 15.4. The average molecular weight is 346 g/mol. The van der Waals surface area contributed by atoms with E-state index < -0.39 is 14.8 Å². The molecule has 0 fully saturated rings. The molecular weight excluding hydrogens is 324 g/mol. The molecule has 0 radical (unpaired) electrons. The molecule has 2 aromatic heterocycles. The summed E-state index contributed by atoms with van der Waals surface area (Å²) in [5.74, 6) is 1.90. The second kappa shape index (κ2) is 7.94. The lowest BCUT2D eigenvalue weighted by atomic mass is 10.3. The molecule has 2 heterocycles. The predicted octanol–water partition coefficient (Wildman–Crippen LogP) is 1.63. The van der Waals surface area contributed by atoms with Crippen molar-refractivity contribution in [1.82, 2.24) is 14.5 Å². The van der Waals surface area contributed by atoms with Gasteiger partial charge in [-0.2, -0.15) is 0 Å². The fourth-order valence-electron chi connectivity index (χ4n) is 2.31. The monoisotopic (exact) mass is 346 g/mol. The second-order valence-corrected chi connectivity index (χ2v) is 9.22. The fourth-order valence-corrected chi connectivity index (χ4v) is 3.29. The number of hydrogen-bond donors (Lipinski definition) is 1. The van der Waals surface area contributed by atoms with Crippen molar-refractivity contribution in [3.05, 3.63) is 17.5 Å². The lowest BCUT2D eigenvalue weighted by Gasteiger charge is -2.08. The Morgan fingerprint density at radius 3 is 2.83 bits per heavy atom. The van der Waals surface area contributed by atoms with Crippen LogP contribution < -0.4 is 5.73 Å². The molecule has 0 aromatic carbocycles. The van der Waals surface area contributed by atoms with Gasteiger partial charge < -0.3 is 19.8 Å². The average Bonchev–Trinajstić information content (AvgIpc) is 2.89. The smallest absolute Gasteiger partial charge is 0.360 e. The van der Waals surface area contributed by atoms with Crippen molar-refractivity contribution in [3.8, 4) is 12.3 Å². The molecule has 0 spiro atoms. The minimum absolute atomic E-state index is 0.00285. The van der Waals surface area contributed by atoms with Gasteiger partial charge in [-0.1, -0.05) is 25.1 Å².